The van der Waals surface area contributed by atoms with Gasteiger partial charge in [-0.05, 0) is 51.1 Å². The number of amides is 1. The highest BCUT2D eigenvalue weighted by atomic mass is 32.1. The van der Waals surface area contributed by atoms with E-state index >= 15 is 0 Å². The minimum atomic E-state index is -0.155. The summed E-state index contributed by atoms with van der Waals surface area (Å²) in [5, 5.41) is 15.6. The maximum absolute atomic E-state index is 12.2. The number of aromatic nitrogens is 4. The molecule has 1 atom stereocenters. The monoisotopic (exact) mass is 360 g/mol. The van der Waals surface area contributed by atoms with Crippen LogP contribution in [0.5, 0.6) is 0 Å². The standard InChI is InChI=1S/C17H24N6OS/c24-17(19-8-6-16-20-13-4-1-5-15(13)25-16)14-11-23(22-21-14)10-12-3-2-7-18-9-12/h11-12,18H,1-10H2,(H,19,24). The first-order chi connectivity index (χ1) is 12.3. The zero-order chi connectivity index (χ0) is 17.1. The lowest BCUT2D eigenvalue weighted by Crippen LogP contribution is -2.32. The fraction of sp³-hybridized carbons (Fsp3) is 0.647. The second-order valence-electron chi connectivity index (χ2n) is 6.88. The van der Waals surface area contributed by atoms with E-state index in [0.29, 0.717) is 18.2 Å². The average Bonchev–Trinajstić information content (AvgIpc) is 3.32. The molecule has 2 aliphatic rings. The molecule has 134 valence electrons. The number of hydrogen-bond acceptors (Lipinski definition) is 6. The molecular weight excluding hydrogens is 336 g/mol. The van der Waals surface area contributed by atoms with Gasteiger partial charge in [-0.2, -0.15) is 0 Å². The van der Waals surface area contributed by atoms with Crippen molar-refractivity contribution in [1.82, 2.24) is 30.6 Å². The van der Waals surface area contributed by atoms with Gasteiger partial charge in [0, 0.05) is 24.4 Å². The number of carbonyl (C=O) groups excluding carboxylic acids is 1. The number of rotatable bonds is 6. The second-order valence-corrected chi connectivity index (χ2v) is 8.04. The molecule has 0 saturated carbocycles. The summed E-state index contributed by atoms with van der Waals surface area (Å²) >= 11 is 1.79. The van der Waals surface area contributed by atoms with Crippen LogP contribution in [0, 0.1) is 5.92 Å². The SMILES string of the molecule is O=C(NCCc1nc2c(s1)CCC2)c1cn(CC2CCCNC2)nn1. The molecule has 2 aromatic rings. The van der Waals surface area contributed by atoms with Gasteiger partial charge in [-0.15, -0.1) is 16.4 Å². The molecule has 3 heterocycles. The summed E-state index contributed by atoms with van der Waals surface area (Å²) in [6.45, 7) is 3.52. The summed E-state index contributed by atoms with van der Waals surface area (Å²) in [5.41, 5.74) is 1.66. The van der Waals surface area contributed by atoms with E-state index in [4.69, 9.17) is 0 Å². The molecule has 0 radical (unpaired) electrons. The number of aryl methyl sites for hydroxylation is 2. The number of nitrogens with zero attached hydrogens (tertiary/aromatic N) is 4. The third kappa shape index (κ3) is 4.07. The highest BCUT2D eigenvalue weighted by Gasteiger charge is 2.18. The molecule has 0 spiro atoms. The molecule has 1 saturated heterocycles. The van der Waals surface area contributed by atoms with Gasteiger partial charge < -0.3 is 10.6 Å². The van der Waals surface area contributed by atoms with Crippen LogP contribution in [0.2, 0.25) is 0 Å². The Morgan fingerprint density at radius 2 is 2.36 bits per heavy atom. The third-order valence-electron chi connectivity index (χ3n) is 4.88. The van der Waals surface area contributed by atoms with E-state index in [-0.39, 0.29) is 5.91 Å². The van der Waals surface area contributed by atoms with Gasteiger partial charge in [0.1, 0.15) is 0 Å². The highest BCUT2D eigenvalue weighted by Crippen LogP contribution is 2.27. The number of hydrogen-bond donors (Lipinski definition) is 2. The summed E-state index contributed by atoms with van der Waals surface area (Å²) in [6.07, 6.45) is 8.45. The quantitative estimate of drug-likeness (QED) is 0.808. The van der Waals surface area contributed by atoms with Gasteiger partial charge in [0.05, 0.1) is 16.9 Å². The number of fused-ring (bicyclic) bond motifs is 1. The maximum Gasteiger partial charge on any atom is 0.273 e. The smallest absolute Gasteiger partial charge is 0.273 e. The molecule has 0 bridgehead atoms. The van der Waals surface area contributed by atoms with Crippen LogP contribution in [0.25, 0.3) is 0 Å². The first-order valence-corrected chi connectivity index (χ1v) is 9.96. The lowest BCUT2D eigenvalue weighted by molar-refractivity contribution is 0.0949. The number of nitrogens with one attached hydrogen (secondary N) is 2. The summed E-state index contributed by atoms with van der Waals surface area (Å²) < 4.78 is 1.79. The van der Waals surface area contributed by atoms with Crippen molar-refractivity contribution in [3.05, 3.63) is 27.5 Å². The van der Waals surface area contributed by atoms with E-state index in [2.05, 4.69) is 25.9 Å². The number of carbonyl (C=O) groups is 1. The van der Waals surface area contributed by atoms with Gasteiger partial charge in [-0.1, -0.05) is 5.21 Å². The van der Waals surface area contributed by atoms with E-state index in [1.807, 2.05) is 0 Å². The van der Waals surface area contributed by atoms with Gasteiger partial charge in [0.15, 0.2) is 5.69 Å². The van der Waals surface area contributed by atoms with E-state index in [9.17, 15) is 4.79 Å². The molecule has 1 aliphatic carbocycles. The van der Waals surface area contributed by atoms with Gasteiger partial charge in [-0.25, -0.2) is 4.98 Å². The van der Waals surface area contributed by atoms with Crippen LogP contribution in [0.15, 0.2) is 6.20 Å². The molecule has 25 heavy (non-hydrogen) atoms. The molecule has 1 fully saturated rings. The van der Waals surface area contributed by atoms with E-state index in [1.54, 1.807) is 22.2 Å². The van der Waals surface area contributed by atoms with Crippen LogP contribution in [0.3, 0.4) is 0 Å². The van der Waals surface area contributed by atoms with Gasteiger partial charge in [0.25, 0.3) is 5.91 Å². The molecule has 2 N–H and O–H groups in total. The van der Waals surface area contributed by atoms with Crippen molar-refractivity contribution in [2.45, 2.75) is 45.1 Å². The fourth-order valence-corrected chi connectivity index (χ4v) is 4.72. The fourth-order valence-electron chi connectivity index (χ4n) is 3.56. The Kier molecular flexibility index (Phi) is 5.07. The van der Waals surface area contributed by atoms with Crippen LogP contribution >= 0.6 is 11.3 Å². The van der Waals surface area contributed by atoms with Gasteiger partial charge in [-0.3, -0.25) is 9.48 Å². The molecule has 0 aromatic carbocycles. The van der Waals surface area contributed by atoms with Crippen molar-refractivity contribution >= 4 is 17.2 Å². The zero-order valence-corrected chi connectivity index (χ0v) is 15.1. The lowest BCUT2D eigenvalue weighted by atomic mass is 10.00. The Balaban J connectivity index is 1.24. The van der Waals surface area contributed by atoms with E-state index in [0.717, 1.165) is 37.5 Å². The van der Waals surface area contributed by atoms with Crippen molar-refractivity contribution in [2.75, 3.05) is 19.6 Å². The predicted molar refractivity (Wildman–Crippen MR) is 95.8 cm³/mol. The average molecular weight is 360 g/mol. The second kappa shape index (κ2) is 7.61. The lowest BCUT2D eigenvalue weighted by Gasteiger charge is -2.22. The summed E-state index contributed by atoms with van der Waals surface area (Å²) in [6, 6.07) is 0. The number of piperidine rings is 1. The molecule has 1 amide bonds. The molecule has 2 aromatic heterocycles. The highest BCUT2D eigenvalue weighted by molar-refractivity contribution is 7.11. The minimum Gasteiger partial charge on any atom is -0.350 e. The largest absolute Gasteiger partial charge is 0.350 e. The summed E-state index contributed by atoms with van der Waals surface area (Å²) in [7, 11) is 0. The topological polar surface area (TPSA) is 84.7 Å². The van der Waals surface area contributed by atoms with Crippen molar-refractivity contribution in [2.24, 2.45) is 5.92 Å². The minimum absolute atomic E-state index is 0.155. The Morgan fingerprint density at radius 3 is 3.20 bits per heavy atom. The van der Waals surface area contributed by atoms with Crippen LogP contribution in [0.1, 0.15) is 45.3 Å². The zero-order valence-electron chi connectivity index (χ0n) is 14.3. The van der Waals surface area contributed by atoms with Crippen molar-refractivity contribution in [3.63, 3.8) is 0 Å². The van der Waals surface area contributed by atoms with Crippen molar-refractivity contribution in [1.29, 1.82) is 0 Å². The van der Waals surface area contributed by atoms with E-state index in [1.165, 1.54) is 36.3 Å². The van der Waals surface area contributed by atoms with Crippen LogP contribution in [-0.2, 0) is 25.8 Å². The van der Waals surface area contributed by atoms with Crippen LogP contribution < -0.4 is 10.6 Å². The molecule has 8 heteroatoms. The molecular formula is C17H24N6OS. The van der Waals surface area contributed by atoms with Crippen LogP contribution in [-0.4, -0.2) is 45.5 Å². The van der Waals surface area contributed by atoms with Crippen molar-refractivity contribution < 1.29 is 4.79 Å². The first kappa shape index (κ1) is 16.7. The van der Waals surface area contributed by atoms with Gasteiger partial charge >= 0.3 is 0 Å². The normalized spacial score (nSPS) is 19.8. The molecule has 7 nitrogen and oxygen atoms in total. The maximum atomic E-state index is 12.2. The predicted octanol–water partition coefficient (Wildman–Crippen LogP) is 1.20. The molecule has 1 aliphatic heterocycles. The molecule has 1 unspecified atom stereocenters. The Bertz CT molecular complexity index is 712. The van der Waals surface area contributed by atoms with Gasteiger partial charge in [0.2, 0.25) is 0 Å². The molecule has 4 rings (SSSR count). The number of thiazole rings is 1. The Morgan fingerprint density at radius 1 is 1.40 bits per heavy atom. The summed E-state index contributed by atoms with van der Waals surface area (Å²) in [4.78, 5) is 18.3. The summed E-state index contributed by atoms with van der Waals surface area (Å²) in [5.74, 6) is 0.412. The van der Waals surface area contributed by atoms with Crippen molar-refractivity contribution in [3.8, 4) is 0 Å². The Labute approximate surface area is 151 Å². The third-order valence-corrected chi connectivity index (χ3v) is 6.10. The van der Waals surface area contributed by atoms with E-state index < -0.39 is 0 Å². The first-order valence-electron chi connectivity index (χ1n) is 9.14. The Hall–Kier alpha value is -1.80. The van der Waals surface area contributed by atoms with Crippen LogP contribution in [0.4, 0.5) is 0 Å².